The lowest BCUT2D eigenvalue weighted by Gasteiger charge is -2.32. The van der Waals surface area contributed by atoms with Crippen LogP contribution in [0, 0.1) is 6.92 Å². The molecule has 1 aliphatic rings. The zero-order chi connectivity index (χ0) is 16.6. The highest BCUT2D eigenvalue weighted by molar-refractivity contribution is 5.86. The molecule has 1 aliphatic heterocycles. The summed E-state index contributed by atoms with van der Waals surface area (Å²) < 4.78 is 5.46. The lowest BCUT2D eigenvalue weighted by molar-refractivity contribution is 0.147. The van der Waals surface area contributed by atoms with E-state index >= 15 is 0 Å². The Hall–Kier alpha value is -1.85. The number of aryl methyl sites for hydroxylation is 2. The van der Waals surface area contributed by atoms with Crippen LogP contribution in [0.15, 0.2) is 21.3 Å². The van der Waals surface area contributed by atoms with Crippen LogP contribution in [0.2, 0.25) is 0 Å². The first kappa shape index (κ1) is 16.0. The molecule has 0 aliphatic carbocycles. The van der Waals surface area contributed by atoms with Gasteiger partial charge in [0.05, 0.1) is 5.56 Å². The fourth-order valence-corrected chi connectivity index (χ4v) is 3.21. The summed E-state index contributed by atoms with van der Waals surface area (Å²) in [7, 11) is 2.12. The predicted molar refractivity (Wildman–Crippen MR) is 91.0 cm³/mol. The molecule has 3 rings (SSSR count). The Kier molecular flexibility index (Phi) is 4.41. The van der Waals surface area contributed by atoms with Gasteiger partial charge in [-0.25, -0.2) is 4.79 Å². The number of rotatable bonds is 3. The van der Waals surface area contributed by atoms with Crippen molar-refractivity contribution in [3.63, 3.8) is 0 Å². The lowest BCUT2D eigenvalue weighted by atomic mass is 9.99. The first-order chi connectivity index (χ1) is 11.0. The number of phenolic OH excluding ortho intramolecular Hbond substituents is 1. The molecular formula is C18H24N2O3. The molecule has 23 heavy (non-hydrogen) atoms. The third-order valence-electron chi connectivity index (χ3n) is 4.75. The maximum atomic E-state index is 11.8. The van der Waals surface area contributed by atoms with Gasteiger partial charge in [-0.1, -0.05) is 6.92 Å². The molecule has 2 aromatic rings. The van der Waals surface area contributed by atoms with Crippen LogP contribution in [0.4, 0.5) is 0 Å². The number of hydrogen-bond acceptors (Lipinski definition) is 5. The van der Waals surface area contributed by atoms with Crippen molar-refractivity contribution in [1.29, 1.82) is 0 Å². The van der Waals surface area contributed by atoms with Gasteiger partial charge in [0, 0.05) is 44.2 Å². The summed E-state index contributed by atoms with van der Waals surface area (Å²) in [6.07, 6.45) is 0.746. The summed E-state index contributed by atoms with van der Waals surface area (Å²) in [5.41, 5.74) is 2.70. The standard InChI is InChI=1S/C18H24N2O3/c1-4-13-10-14-12(2)9-16(21)23-18(14)15(17(13)22)11-20-7-5-19(3)6-8-20/h9-10,22H,4-8,11H2,1-3H3. The van der Waals surface area contributed by atoms with Crippen LogP contribution < -0.4 is 5.63 Å². The van der Waals surface area contributed by atoms with E-state index in [0.717, 1.165) is 54.7 Å². The highest BCUT2D eigenvalue weighted by Gasteiger charge is 2.20. The molecule has 124 valence electrons. The van der Waals surface area contributed by atoms with Crippen molar-refractivity contribution in [3.8, 4) is 5.75 Å². The van der Waals surface area contributed by atoms with E-state index in [9.17, 15) is 9.90 Å². The number of aromatic hydroxyl groups is 1. The van der Waals surface area contributed by atoms with Crippen LogP contribution in [0.1, 0.15) is 23.6 Å². The Labute approximate surface area is 136 Å². The minimum Gasteiger partial charge on any atom is -0.507 e. The SMILES string of the molecule is CCc1cc2c(C)cc(=O)oc2c(CN2CCN(C)CC2)c1O. The molecule has 1 aromatic carbocycles. The molecule has 1 saturated heterocycles. The van der Waals surface area contributed by atoms with E-state index in [1.54, 1.807) is 0 Å². The highest BCUT2D eigenvalue weighted by Crippen LogP contribution is 2.33. The van der Waals surface area contributed by atoms with Crippen molar-refractivity contribution >= 4 is 11.0 Å². The van der Waals surface area contributed by atoms with Gasteiger partial charge in [0.2, 0.25) is 0 Å². The molecule has 0 atom stereocenters. The molecule has 0 bridgehead atoms. The molecular weight excluding hydrogens is 292 g/mol. The molecule has 1 fully saturated rings. The Morgan fingerprint density at radius 2 is 1.91 bits per heavy atom. The minimum atomic E-state index is -0.363. The van der Waals surface area contributed by atoms with Gasteiger partial charge in [-0.15, -0.1) is 0 Å². The molecule has 0 unspecified atom stereocenters. The number of nitrogens with zero attached hydrogens (tertiary/aromatic N) is 2. The molecule has 0 spiro atoms. The Balaban J connectivity index is 2.09. The zero-order valence-corrected chi connectivity index (χ0v) is 14.1. The van der Waals surface area contributed by atoms with Crippen LogP contribution in [0.5, 0.6) is 5.75 Å². The van der Waals surface area contributed by atoms with E-state index in [0.29, 0.717) is 12.1 Å². The van der Waals surface area contributed by atoms with Gasteiger partial charge >= 0.3 is 5.63 Å². The smallest absolute Gasteiger partial charge is 0.336 e. The van der Waals surface area contributed by atoms with E-state index in [4.69, 9.17) is 4.42 Å². The van der Waals surface area contributed by atoms with Crippen molar-refractivity contribution in [1.82, 2.24) is 9.80 Å². The summed E-state index contributed by atoms with van der Waals surface area (Å²) in [5, 5.41) is 11.6. The molecule has 2 heterocycles. The van der Waals surface area contributed by atoms with E-state index in [2.05, 4.69) is 16.8 Å². The van der Waals surface area contributed by atoms with Crippen molar-refractivity contribution < 1.29 is 9.52 Å². The molecule has 1 N–H and O–H groups in total. The fraction of sp³-hybridized carbons (Fsp3) is 0.500. The largest absolute Gasteiger partial charge is 0.507 e. The van der Waals surface area contributed by atoms with E-state index in [-0.39, 0.29) is 11.4 Å². The average Bonchev–Trinajstić information content (AvgIpc) is 2.52. The topological polar surface area (TPSA) is 56.9 Å². The van der Waals surface area contributed by atoms with E-state index in [1.165, 1.54) is 6.07 Å². The number of benzene rings is 1. The average molecular weight is 316 g/mol. The van der Waals surface area contributed by atoms with Crippen LogP contribution in [-0.2, 0) is 13.0 Å². The monoisotopic (exact) mass is 316 g/mol. The van der Waals surface area contributed by atoms with Crippen LogP contribution in [0.3, 0.4) is 0 Å². The number of fused-ring (bicyclic) bond motifs is 1. The molecule has 0 saturated carbocycles. The summed E-state index contributed by atoms with van der Waals surface area (Å²) >= 11 is 0. The summed E-state index contributed by atoms with van der Waals surface area (Å²) in [6.45, 7) is 8.46. The Morgan fingerprint density at radius 1 is 1.22 bits per heavy atom. The summed E-state index contributed by atoms with van der Waals surface area (Å²) in [5.74, 6) is 0.271. The van der Waals surface area contributed by atoms with Gasteiger partial charge in [0.25, 0.3) is 0 Å². The number of hydrogen-bond donors (Lipinski definition) is 1. The van der Waals surface area contributed by atoms with Gasteiger partial charge in [0.15, 0.2) is 0 Å². The fourth-order valence-electron chi connectivity index (χ4n) is 3.21. The van der Waals surface area contributed by atoms with Crippen LogP contribution in [-0.4, -0.2) is 48.1 Å². The number of phenols is 1. The first-order valence-corrected chi connectivity index (χ1v) is 8.18. The second-order valence-corrected chi connectivity index (χ2v) is 6.42. The van der Waals surface area contributed by atoms with Crippen molar-refractivity contribution in [2.24, 2.45) is 0 Å². The zero-order valence-electron chi connectivity index (χ0n) is 14.1. The second-order valence-electron chi connectivity index (χ2n) is 6.42. The molecule has 5 heteroatoms. The maximum Gasteiger partial charge on any atom is 0.336 e. The Bertz CT molecular complexity index is 774. The predicted octanol–water partition coefficient (Wildman–Crippen LogP) is 2.12. The third kappa shape index (κ3) is 3.12. The van der Waals surface area contributed by atoms with Crippen molar-refractivity contribution in [2.75, 3.05) is 33.2 Å². The lowest BCUT2D eigenvalue weighted by Crippen LogP contribution is -2.43. The van der Waals surface area contributed by atoms with Gasteiger partial charge in [-0.05, 0) is 37.6 Å². The van der Waals surface area contributed by atoms with Gasteiger partial charge in [-0.3, -0.25) is 4.90 Å². The van der Waals surface area contributed by atoms with Crippen molar-refractivity contribution in [3.05, 3.63) is 39.2 Å². The Morgan fingerprint density at radius 3 is 2.57 bits per heavy atom. The van der Waals surface area contributed by atoms with Gasteiger partial charge < -0.3 is 14.4 Å². The van der Waals surface area contributed by atoms with Gasteiger partial charge in [-0.2, -0.15) is 0 Å². The van der Waals surface area contributed by atoms with E-state index < -0.39 is 0 Å². The van der Waals surface area contributed by atoms with Crippen LogP contribution in [0.25, 0.3) is 11.0 Å². The quantitative estimate of drug-likeness (QED) is 0.879. The molecule has 0 radical (unpaired) electrons. The number of piperazine rings is 1. The third-order valence-corrected chi connectivity index (χ3v) is 4.75. The summed E-state index contributed by atoms with van der Waals surface area (Å²) in [6, 6.07) is 3.45. The van der Waals surface area contributed by atoms with Gasteiger partial charge in [0.1, 0.15) is 11.3 Å². The number of likely N-dealkylation sites (N-methyl/N-ethyl adjacent to an activating group) is 1. The first-order valence-electron chi connectivity index (χ1n) is 8.18. The minimum absolute atomic E-state index is 0.271. The second kappa shape index (κ2) is 6.34. The molecule has 1 aromatic heterocycles. The van der Waals surface area contributed by atoms with Crippen LogP contribution >= 0.6 is 0 Å². The van der Waals surface area contributed by atoms with Crippen molar-refractivity contribution in [2.45, 2.75) is 26.8 Å². The molecule has 5 nitrogen and oxygen atoms in total. The normalized spacial score (nSPS) is 17.0. The highest BCUT2D eigenvalue weighted by atomic mass is 16.4. The van der Waals surface area contributed by atoms with E-state index in [1.807, 2.05) is 19.9 Å². The maximum absolute atomic E-state index is 11.8. The molecule has 0 amide bonds. The summed E-state index contributed by atoms with van der Waals surface area (Å²) in [4.78, 5) is 16.4.